The molecule has 3 aromatic rings. The predicted molar refractivity (Wildman–Crippen MR) is 121 cm³/mol. The SMILES string of the molecule is O=C1C[C@H](c2ccccc2O)Cc2nc(N3CCN(c4cccc(Cl)c4)CC3)ncc21. The number of rotatable bonds is 3. The zero-order valence-electron chi connectivity index (χ0n) is 17.0. The van der Waals surface area contributed by atoms with Gasteiger partial charge in [-0.25, -0.2) is 9.97 Å². The van der Waals surface area contributed by atoms with Gasteiger partial charge < -0.3 is 14.9 Å². The second-order valence-electron chi connectivity index (χ2n) is 8.07. The number of ketones is 1. The minimum atomic E-state index is -0.0661. The number of Topliss-reactive ketones (excluding diaryl/α,β-unsaturated/α-hetero) is 1. The molecule has 1 atom stereocenters. The summed E-state index contributed by atoms with van der Waals surface area (Å²) in [5.74, 6) is 0.862. The Morgan fingerprint density at radius 2 is 1.74 bits per heavy atom. The van der Waals surface area contributed by atoms with Crippen LogP contribution < -0.4 is 9.80 Å². The summed E-state index contributed by atoms with van der Waals surface area (Å²) in [4.78, 5) is 26.4. The van der Waals surface area contributed by atoms with Gasteiger partial charge >= 0.3 is 0 Å². The number of phenolic OH excluding ortho intramolecular Hbond substituents is 1. The van der Waals surface area contributed by atoms with Crippen LogP contribution in [0, 0.1) is 0 Å². The number of halogens is 1. The van der Waals surface area contributed by atoms with Crippen LogP contribution in [0.2, 0.25) is 5.02 Å². The Balaban J connectivity index is 1.33. The second-order valence-corrected chi connectivity index (χ2v) is 8.51. The molecule has 0 amide bonds. The molecule has 7 heteroatoms. The van der Waals surface area contributed by atoms with Crippen molar-refractivity contribution in [3.05, 3.63) is 76.6 Å². The van der Waals surface area contributed by atoms with E-state index >= 15 is 0 Å². The maximum absolute atomic E-state index is 12.7. The Labute approximate surface area is 186 Å². The molecule has 2 heterocycles. The van der Waals surface area contributed by atoms with Crippen molar-refractivity contribution < 1.29 is 9.90 Å². The fraction of sp³-hybridized carbons (Fsp3) is 0.292. The lowest BCUT2D eigenvalue weighted by molar-refractivity contribution is 0.0962. The molecule has 1 N–H and O–H groups in total. The van der Waals surface area contributed by atoms with E-state index in [-0.39, 0.29) is 17.5 Å². The Morgan fingerprint density at radius 3 is 2.52 bits per heavy atom. The van der Waals surface area contributed by atoms with Crippen LogP contribution in [0.3, 0.4) is 0 Å². The first kappa shape index (κ1) is 19.8. The van der Waals surface area contributed by atoms with E-state index in [1.165, 1.54) is 0 Å². The van der Waals surface area contributed by atoms with E-state index in [9.17, 15) is 9.90 Å². The Bertz CT molecular complexity index is 1130. The number of hydrogen-bond acceptors (Lipinski definition) is 6. The van der Waals surface area contributed by atoms with Gasteiger partial charge in [-0.15, -0.1) is 0 Å². The third-order valence-corrected chi connectivity index (χ3v) is 6.37. The highest BCUT2D eigenvalue weighted by molar-refractivity contribution is 6.30. The number of aromatic nitrogens is 2. The molecular formula is C24H23ClN4O2. The number of phenols is 1. The highest BCUT2D eigenvalue weighted by Crippen LogP contribution is 2.36. The smallest absolute Gasteiger partial charge is 0.225 e. The van der Waals surface area contributed by atoms with Crippen molar-refractivity contribution in [3.8, 4) is 5.75 Å². The quantitative estimate of drug-likeness (QED) is 0.670. The average molecular weight is 435 g/mol. The summed E-state index contributed by atoms with van der Waals surface area (Å²) in [6.07, 6.45) is 2.66. The van der Waals surface area contributed by atoms with Crippen molar-refractivity contribution >= 4 is 29.0 Å². The van der Waals surface area contributed by atoms with Gasteiger partial charge in [0.1, 0.15) is 5.75 Å². The van der Waals surface area contributed by atoms with Crippen LogP contribution in [0.4, 0.5) is 11.6 Å². The Hall–Kier alpha value is -3.12. The third-order valence-electron chi connectivity index (χ3n) is 6.14. The molecule has 2 aliphatic rings. The molecule has 0 spiro atoms. The molecule has 0 unspecified atom stereocenters. The first-order valence-electron chi connectivity index (χ1n) is 10.5. The standard InChI is InChI=1S/C24H23ClN4O2/c25-17-4-3-5-18(14-17)28-8-10-29(11-9-28)24-26-15-20-21(27-24)12-16(13-23(20)31)19-6-1-2-7-22(19)30/h1-7,14-16,30H,8-13H2/t16-/m1/s1. The number of hydrogen-bond donors (Lipinski definition) is 1. The number of fused-ring (bicyclic) bond motifs is 1. The number of nitrogens with zero attached hydrogens (tertiary/aromatic N) is 4. The summed E-state index contributed by atoms with van der Waals surface area (Å²) in [6, 6.07) is 15.1. The zero-order valence-corrected chi connectivity index (χ0v) is 17.8. The van der Waals surface area contributed by atoms with Gasteiger partial charge in [0.25, 0.3) is 0 Å². The summed E-state index contributed by atoms with van der Waals surface area (Å²) in [7, 11) is 0. The number of piperazine rings is 1. The van der Waals surface area contributed by atoms with Gasteiger partial charge in [0.05, 0.1) is 11.3 Å². The van der Waals surface area contributed by atoms with Gasteiger partial charge in [-0.05, 0) is 36.2 Å². The molecular weight excluding hydrogens is 412 g/mol. The normalized spacial score (nSPS) is 18.7. The van der Waals surface area contributed by atoms with E-state index in [1.54, 1.807) is 18.3 Å². The van der Waals surface area contributed by atoms with Crippen molar-refractivity contribution in [2.24, 2.45) is 0 Å². The molecule has 1 aliphatic heterocycles. The number of anilines is 2. The molecule has 5 rings (SSSR count). The van der Waals surface area contributed by atoms with Gasteiger partial charge in [-0.1, -0.05) is 35.9 Å². The van der Waals surface area contributed by atoms with Crippen LogP contribution in [-0.2, 0) is 6.42 Å². The van der Waals surface area contributed by atoms with E-state index in [1.807, 2.05) is 30.3 Å². The first-order valence-corrected chi connectivity index (χ1v) is 10.9. The van der Waals surface area contributed by atoms with Crippen LogP contribution >= 0.6 is 11.6 Å². The van der Waals surface area contributed by atoms with E-state index in [0.717, 1.165) is 48.1 Å². The van der Waals surface area contributed by atoms with Crippen molar-refractivity contribution in [2.75, 3.05) is 36.0 Å². The highest BCUT2D eigenvalue weighted by Gasteiger charge is 2.30. The molecule has 1 aromatic heterocycles. The maximum atomic E-state index is 12.7. The maximum Gasteiger partial charge on any atom is 0.225 e. The van der Waals surface area contributed by atoms with Gasteiger partial charge in [0, 0.05) is 55.4 Å². The first-order chi connectivity index (χ1) is 15.1. The van der Waals surface area contributed by atoms with Crippen molar-refractivity contribution in [1.29, 1.82) is 0 Å². The molecule has 31 heavy (non-hydrogen) atoms. The van der Waals surface area contributed by atoms with Crippen LogP contribution in [0.25, 0.3) is 0 Å². The summed E-state index contributed by atoms with van der Waals surface area (Å²) in [6.45, 7) is 3.28. The van der Waals surface area contributed by atoms with Crippen LogP contribution in [-0.4, -0.2) is 47.0 Å². The molecule has 0 radical (unpaired) electrons. The van der Waals surface area contributed by atoms with Gasteiger partial charge in [-0.2, -0.15) is 0 Å². The average Bonchev–Trinajstić information content (AvgIpc) is 2.79. The van der Waals surface area contributed by atoms with E-state index in [2.05, 4.69) is 20.9 Å². The summed E-state index contributed by atoms with van der Waals surface area (Å²) in [5.41, 5.74) is 3.30. The molecule has 1 aliphatic carbocycles. The zero-order chi connectivity index (χ0) is 21.4. The van der Waals surface area contributed by atoms with Crippen LogP contribution in [0.5, 0.6) is 5.75 Å². The molecule has 158 valence electrons. The molecule has 1 fully saturated rings. The lowest BCUT2D eigenvalue weighted by Crippen LogP contribution is -2.47. The lowest BCUT2D eigenvalue weighted by atomic mass is 9.82. The van der Waals surface area contributed by atoms with E-state index in [4.69, 9.17) is 16.6 Å². The fourth-order valence-corrected chi connectivity index (χ4v) is 4.66. The van der Waals surface area contributed by atoms with Crippen molar-refractivity contribution in [2.45, 2.75) is 18.8 Å². The number of aromatic hydroxyl groups is 1. The molecule has 6 nitrogen and oxygen atoms in total. The Kier molecular flexibility index (Phi) is 5.24. The van der Waals surface area contributed by atoms with E-state index < -0.39 is 0 Å². The largest absolute Gasteiger partial charge is 0.508 e. The number of carbonyl (C=O) groups excluding carboxylic acids is 1. The minimum absolute atomic E-state index is 0.0341. The molecule has 1 saturated heterocycles. The second kappa shape index (κ2) is 8.19. The molecule has 2 aromatic carbocycles. The summed E-state index contributed by atoms with van der Waals surface area (Å²) >= 11 is 6.13. The molecule has 0 bridgehead atoms. The summed E-state index contributed by atoms with van der Waals surface area (Å²) in [5, 5.41) is 11.0. The number of para-hydroxylation sites is 1. The highest BCUT2D eigenvalue weighted by atomic mass is 35.5. The van der Waals surface area contributed by atoms with Crippen LogP contribution in [0.1, 0.15) is 34.0 Å². The van der Waals surface area contributed by atoms with Crippen molar-refractivity contribution in [1.82, 2.24) is 9.97 Å². The topological polar surface area (TPSA) is 69.6 Å². The van der Waals surface area contributed by atoms with Crippen molar-refractivity contribution in [3.63, 3.8) is 0 Å². The fourth-order valence-electron chi connectivity index (χ4n) is 4.48. The van der Waals surface area contributed by atoms with E-state index in [0.29, 0.717) is 24.4 Å². The summed E-state index contributed by atoms with van der Waals surface area (Å²) < 4.78 is 0. The van der Waals surface area contributed by atoms with Gasteiger partial charge in [-0.3, -0.25) is 4.79 Å². The number of benzene rings is 2. The predicted octanol–water partition coefficient (Wildman–Crippen LogP) is 4.07. The van der Waals surface area contributed by atoms with Gasteiger partial charge in [0.2, 0.25) is 5.95 Å². The Morgan fingerprint density at radius 1 is 0.968 bits per heavy atom. The van der Waals surface area contributed by atoms with Gasteiger partial charge in [0.15, 0.2) is 5.78 Å². The number of carbonyl (C=O) groups is 1. The molecule has 0 saturated carbocycles. The monoisotopic (exact) mass is 434 g/mol. The van der Waals surface area contributed by atoms with Crippen LogP contribution in [0.15, 0.2) is 54.7 Å². The minimum Gasteiger partial charge on any atom is -0.508 e. The third kappa shape index (κ3) is 3.95. The lowest BCUT2D eigenvalue weighted by Gasteiger charge is -2.36.